The van der Waals surface area contributed by atoms with Crippen molar-refractivity contribution in [3.8, 4) is 16.9 Å². The van der Waals surface area contributed by atoms with Crippen LogP contribution in [0.15, 0.2) is 24.5 Å². The third-order valence-electron chi connectivity index (χ3n) is 5.99. The van der Waals surface area contributed by atoms with E-state index in [1.54, 1.807) is 22.9 Å². The van der Waals surface area contributed by atoms with Gasteiger partial charge in [0, 0.05) is 37.5 Å². The summed E-state index contributed by atoms with van der Waals surface area (Å²) >= 11 is 0. The van der Waals surface area contributed by atoms with Crippen molar-refractivity contribution >= 4 is 35.0 Å². The summed E-state index contributed by atoms with van der Waals surface area (Å²) in [5, 5.41) is 12.0. The van der Waals surface area contributed by atoms with Gasteiger partial charge in [-0.25, -0.2) is 14.6 Å². The van der Waals surface area contributed by atoms with Gasteiger partial charge in [-0.15, -0.1) is 0 Å². The van der Waals surface area contributed by atoms with Crippen LogP contribution in [0.25, 0.3) is 22.2 Å². The molecule has 1 aromatic carbocycles. The van der Waals surface area contributed by atoms with Crippen molar-refractivity contribution in [3.63, 3.8) is 0 Å². The lowest BCUT2D eigenvalue weighted by atomic mass is 9.88. The van der Waals surface area contributed by atoms with Crippen LogP contribution < -0.4 is 20.7 Å². The lowest BCUT2D eigenvalue weighted by molar-refractivity contribution is -0.125. The number of piperidine rings is 1. The van der Waals surface area contributed by atoms with Crippen LogP contribution in [0.5, 0.6) is 5.75 Å². The van der Waals surface area contributed by atoms with Gasteiger partial charge in [0.2, 0.25) is 5.95 Å². The summed E-state index contributed by atoms with van der Waals surface area (Å²) in [6.45, 7) is 0.647. The van der Waals surface area contributed by atoms with Gasteiger partial charge in [-0.05, 0) is 25.0 Å². The van der Waals surface area contributed by atoms with E-state index in [-0.39, 0.29) is 17.9 Å². The number of amides is 5. The van der Waals surface area contributed by atoms with E-state index in [1.807, 2.05) is 25.4 Å². The molecule has 4 N–H and O–H groups in total. The lowest BCUT2D eigenvalue weighted by Gasteiger charge is -2.36. The second-order valence-electron chi connectivity index (χ2n) is 7.93. The van der Waals surface area contributed by atoms with Crippen LogP contribution in [0.2, 0.25) is 0 Å². The van der Waals surface area contributed by atoms with Gasteiger partial charge >= 0.3 is 12.1 Å². The second kappa shape index (κ2) is 7.25. The molecule has 12 heteroatoms. The summed E-state index contributed by atoms with van der Waals surface area (Å²) in [5.74, 6) is 0.547. The highest BCUT2D eigenvalue weighted by Gasteiger charge is 2.48. The molecule has 2 aliphatic rings. The number of carbonyl (C=O) groups excluding carboxylic acids is 3. The molecule has 5 rings (SSSR count). The SMILES string of the molecule is COc1ccc(-c2cnn(C)c2)c2nc(NC(=O)N3CCC4(CC3)NC(=O)NC4=O)[nH]c12. The normalized spacial score (nSPS) is 17.5. The number of fused-ring (bicyclic) bond motifs is 1. The molecule has 1 spiro atoms. The van der Waals surface area contributed by atoms with Crippen LogP contribution >= 0.6 is 0 Å². The molecule has 166 valence electrons. The number of aromatic nitrogens is 4. The molecule has 4 heterocycles. The number of aromatic amines is 1. The molecule has 0 atom stereocenters. The van der Waals surface area contributed by atoms with Crippen LogP contribution in [0.3, 0.4) is 0 Å². The number of likely N-dealkylation sites (tertiary alicyclic amines) is 1. The topological polar surface area (TPSA) is 146 Å². The van der Waals surface area contributed by atoms with Crippen molar-refractivity contribution in [1.29, 1.82) is 0 Å². The Hall–Kier alpha value is -4.09. The number of carbonyl (C=O) groups is 3. The van der Waals surface area contributed by atoms with Gasteiger partial charge in [0.25, 0.3) is 5.91 Å². The first-order valence-electron chi connectivity index (χ1n) is 10.1. The minimum atomic E-state index is -0.931. The number of methoxy groups -OCH3 is 1. The summed E-state index contributed by atoms with van der Waals surface area (Å²) in [6.07, 6.45) is 4.32. The number of nitrogens with zero attached hydrogens (tertiary/aromatic N) is 4. The average molecular weight is 438 g/mol. The smallest absolute Gasteiger partial charge is 0.324 e. The molecule has 12 nitrogen and oxygen atoms in total. The number of H-pyrrole nitrogens is 1. The van der Waals surface area contributed by atoms with Crippen LogP contribution in [0.1, 0.15) is 12.8 Å². The fourth-order valence-corrected chi connectivity index (χ4v) is 4.24. The number of imidazole rings is 1. The Morgan fingerprint density at radius 2 is 2.03 bits per heavy atom. The number of benzene rings is 1. The quantitative estimate of drug-likeness (QED) is 0.452. The number of ether oxygens (including phenoxy) is 1. The van der Waals surface area contributed by atoms with Crippen molar-refractivity contribution in [2.24, 2.45) is 7.05 Å². The molecule has 2 fully saturated rings. The Bertz CT molecular complexity index is 1240. The largest absolute Gasteiger partial charge is 0.494 e. The summed E-state index contributed by atoms with van der Waals surface area (Å²) < 4.78 is 7.15. The molecule has 32 heavy (non-hydrogen) atoms. The number of anilines is 1. The zero-order valence-electron chi connectivity index (χ0n) is 17.6. The average Bonchev–Trinajstić information content (AvgIpc) is 3.45. The maximum Gasteiger partial charge on any atom is 0.324 e. The van der Waals surface area contributed by atoms with Gasteiger partial charge in [0.15, 0.2) is 0 Å². The van der Waals surface area contributed by atoms with Crippen LogP contribution in [0.4, 0.5) is 15.5 Å². The van der Waals surface area contributed by atoms with E-state index in [0.717, 1.165) is 11.1 Å². The van der Waals surface area contributed by atoms with Crippen LogP contribution in [-0.2, 0) is 11.8 Å². The molecule has 0 radical (unpaired) electrons. The predicted octanol–water partition coefficient (Wildman–Crippen LogP) is 1.18. The summed E-state index contributed by atoms with van der Waals surface area (Å²) in [6, 6.07) is 2.90. The van der Waals surface area contributed by atoms with Crippen molar-refractivity contribution in [1.82, 2.24) is 35.3 Å². The van der Waals surface area contributed by atoms with Gasteiger partial charge in [-0.3, -0.25) is 20.1 Å². The summed E-state index contributed by atoms with van der Waals surface area (Å²) in [7, 11) is 3.41. The van der Waals surface area contributed by atoms with Crippen LogP contribution in [-0.4, -0.2) is 68.4 Å². The van der Waals surface area contributed by atoms with Crippen molar-refractivity contribution in [3.05, 3.63) is 24.5 Å². The van der Waals surface area contributed by atoms with E-state index in [2.05, 4.69) is 31.0 Å². The Balaban J connectivity index is 1.36. The first-order chi connectivity index (χ1) is 15.4. The minimum absolute atomic E-state index is 0.284. The number of hydrogen-bond donors (Lipinski definition) is 4. The van der Waals surface area contributed by atoms with Crippen molar-refractivity contribution < 1.29 is 19.1 Å². The number of hydrogen-bond acceptors (Lipinski definition) is 6. The molecular formula is C20H22N8O4. The molecule has 3 aromatic rings. The zero-order valence-corrected chi connectivity index (χ0v) is 17.6. The molecule has 2 aliphatic heterocycles. The highest BCUT2D eigenvalue weighted by atomic mass is 16.5. The maximum absolute atomic E-state index is 12.8. The first kappa shape index (κ1) is 19.8. The van der Waals surface area contributed by atoms with Crippen molar-refractivity contribution in [2.45, 2.75) is 18.4 Å². The molecule has 0 aliphatic carbocycles. The van der Waals surface area contributed by atoms with E-state index >= 15 is 0 Å². The molecule has 0 unspecified atom stereocenters. The van der Waals surface area contributed by atoms with Gasteiger partial charge < -0.3 is 19.9 Å². The summed E-state index contributed by atoms with van der Waals surface area (Å²) in [4.78, 5) is 45.7. The van der Waals surface area contributed by atoms with Crippen molar-refractivity contribution in [2.75, 3.05) is 25.5 Å². The van der Waals surface area contributed by atoms with E-state index in [0.29, 0.717) is 42.7 Å². The van der Waals surface area contributed by atoms with E-state index in [9.17, 15) is 14.4 Å². The Morgan fingerprint density at radius 1 is 1.25 bits per heavy atom. The highest BCUT2D eigenvalue weighted by molar-refractivity contribution is 6.07. The van der Waals surface area contributed by atoms with Gasteiger partial charge in [0.05, 0.1) is 13.3 Å². The monoisotopic (exact) mass is 438 g/mol. The molecule has 2 aromatic heterocycles. The Kier molecular flexibility index (Phi) is 4.50. The summed E-state index contributed by atoms with van der Waals surface area (Å²) in [5.41, 5.74) is 2.12. The number of rotatable bonds is 3. The number of aryl methyl sites for hydroxylation is 1. The van der Waals surface area contributed by atoms with E-state index < -0.39 is 11.6 Å². The molecule has 0 bridgehead atoms. The van der Waals surface area contributed by atoms with E-state index in [1.165, 1.54) is 0 Å². The standard InChI is InChI=1S/C20H22N8O4/c1-27-10-11(9-21-27)12-3-4-13(32-2)15-14(12)22-17(23-15)25-19(31)28-7-5-20(6-8-28)16(29)24-18(30)26-20/h3-4,9-10H,5-8H2,1-2H3,(H2,22,23,25,31)(H2,24,26,29,30). The second-order valence-corrected chi connectivity index (χ2v) is 7.93. The van der Waals surface area contributed by atoms with E-state index in [4.69, 9.17) is 4.74 Å². The number of urea groups is 2. The lowest BCUT2D eigenvalue weighted by Crippen LogP contribution is -2.56. The number of imide groups is 1. The predicted molar refractivity (Wildman–Crippen MR) is 114 cm³/mol. The fourth-order valence-electron chi connectivity index (χ4n) is 4.24. The number of nitrogens with one attached hydrogen (secondary N) is 4. The van der Waals surface area contributed by atoms with Gasteiger partial charge in [-0.2, -0.15) is 5.10 Å². The van der Waals surface area contributed by atoms with Gasteiger partial charge in [-0.1, -0.05) is 0 Å². The highest BCUT2D eigenvalue weighted by Crippen LogP contribution is 2.34. The third-order valence-corrected chi connectivity index (χ3v) is 5.99. The third kappa shape index (κ3) is 3.20. The molecular weight excluding hydrogens is 416 g/mol. The molecule has 5 amide bonds. The van der Waals surface area contributed by atoms with Crippen LogP contribution in [0, 0.1) is 0 Å². The zero-order chi connectivity index (χ0) is 22.5. The maximum atomic E-state index is 12.8. The fraction of sp³-hybridized carbons (Fsp3) is 0.350. The van der Waals surface area contributed by atoms with Gasteiger partial charge in [0.1, 0.15) is 22.3 Å². The Labute approximate surface area is 182 Å². The Morgan fingerprint density at radius 3 is 2.66 bits per heavy atom. The molecule has 0 saturated carbocycles. The first-order valence-corrected chi connectivity index (χ1v) is 10.1. The minimum Gasteiger partial charge on any atom is -0.494 e. The molecule has 2 saturated heterocycles.